The Kier molecular flexibility index (Phi) is 6.71. The van der Waals surface area contributed by atoms with Gasteiger partial charge in [0.15, 0.2) is 9.84 Å². The molecule has 1 amide bonds. The molecular weight excluding hydrogens is 410 g/mol. The molecule has 0 aliphatic heterocycles. The fourth-order valence-electron chi connectivity index (χ4n) is 2.62. The lowest BCUT2D eigenvalue weighted by molar-refractivity contribution is -0.115. The predicted molar refractivity (Wildman–Crippen MR) is 112 cm³/mol. The van der Waals surface area contributed by atoms with Gasteiger partial charge in [0.1, 0.15) is 0 Å². The molecule has 0 atom stereocenters. The van der Waals surface area contributed by atoms with Gasteiger partial charge in [0.25, 0.3) is 0 Å². The minimum Gasteiger partial charge on any atom is -0.407 e. The first-order valence-corrected chi connectivity index (χ1v) is 11.8. The van der Waals surface area contributed by atoms with E-state index in [9.17, 15) is 13.2 Å². The number of rotatable bonds is 8. The van der Waals surface area contributed by atoms with Crippen LogP contribution in [0.3, 0.4) is 0 Å². The van der Waals surface area contributed by atoms with E-state index in [0.717, 1.165) is 23.1 Å². The van der Waals surface area contributed by atoms with Gasteiger partial charge in [-0.25, -0.2) is 8.42 Å². The highest BCUT2D eigenvalue weighted by Gasteiger charge is 2.12. The monoisotopic (exact) mass is 431 g/mol. The Hall–Kier alpha value is -2.65. The number of thioether (sulfide) groups is 1. The molecule has 0 saturated heterocycles. The maximum Gasteiger partial charge on any atom is 0.322 e. The number of amides is 1. The second-order valence-corrected chi connectivity index (χ2v) is 9.75. The van der Waals surface area contributed by atoms with Crippen LogP contribution in [0.15, 0.2) is 62.7 Å². The van der Waals surface area contributed by atoms with Crippen molar-refractivity contribution in [3.05, 3.63) is 65.5 Å². The van der Waals surface area contributed by atoms with Crippen molar-refractivity contribution >= 4 is 33.5 Å². The molecule has 0 aliphatic carbocycles. The standard InChI is InChI=1S/C20H21N3O4S2/c1-3-28-16-8-4-14(5-9-16)12-18(24)21-20-23-22-19(27-20)13-15-6-10-17(11-7-15)29(2,25)26/h4-11H,3,12-13H2,1-2H3,(H,21,23,24). The molecule has 0 spiro atoms. The number of carbonyl (C=O) groups excluding carboxylic acids is 1. The van der Waals surface area contributed by atoms with Gasteiger partial charge < -0.3 is 4.42 Å². The Morgan fingerprint density at radius 1 is 1.03 bits per heavy atom. The van der Waals surface area contributed by atoms with Crippen LogP contribution in [0.1, 0.15) is 23.9 Å². The van der Waals surface area contributed by atoms with E-state index in [1.165, 1.54) is 17.0 Å². The number of nitrogens with one attached hydrogen (secondary N) is 1. The van der Waals surface area contributed by atoms with Crippen molar-refractivity contribution in [2.24, 2.45) is 0 Å². The van der Waals surface area contributed by atoms with E-state index in [-0.39, 0.29) is 23.2 Å². The van der Waals surface area contributed by atoms with Gasteiger partial charge in [-0.05, 0) is 41.1 Å². The van der Waals surface area contributed by atoms with Gasteiger partial charge in [-0.15, -0.1) is 16.9 Å². The first kappa shape index (κ1) is 21.1. The number of hydrogen-bond acceptors (Lipinski definition) is 7. The maximum absolute atomic E-state index is 12.2. The summed E-state index contributed by atoms with van der Waals surface area (Å²) in [4.78, 5) is 13.6. The van der Waals surface area contributed by atoms with Crippen molar-refractivity contribution in [3.63, 3.8) is 0 Å². The van der Waals surface area contributed by atoms with Crippen molar-refractivity contribution in [3.8, 4) is 0 Å². The molecule has 0 radical (unpaired) electrons. The summed E-state index contributed by atoms with van der Waals surface area (Å²) >= 11 is 1.75. The molecule has 29 heavy (non-hydrogen) atoms. The summed E-state index contributed by atoms with van der Waals surface area (Å²) < 4.78 is 28.5. The van der Waals surface area contributed by atoms with Crippen LogP contribution in [-0.4, -0.2) is 36.5 Å². The third kappa shape index (κ3) is 6.16. The number of carbonyl (C=O) groups is 1. The first-order chi connectivity index (χ1) is 13.8. The molecule has 2 aromatic carbocycles. The first-order valence-electron chi connectivity index (χ1n) is 8.96. The van der Waals surface area contributed by atoms with Gasteiger partial charge in [0.05, 0.1) is 17.7 Å². The summed E-state index contributed by atoms with van der Waals surface area (Å²) in [5.41, 5.74) is 1.72. The number of nitrogens with zero attached hydrogens (tertiary/aromatic N) is 2. The molecule has 0 saturated carbocycles. The van der Waals surface area contributed by atoms with Gasteiger partial charge in [0.2, 0.25) is 11.8 Å². The molecule has 1 N–H and O–H groups in total. The van der Waals surface area contributed by atoms with Crippen LogP contribution in [0.2, 0.25) is 0 Å². The summed E-state index contributed by atoms with van der Waals surface area (Å²) in [6, 6.07) is 14.3. The van der Waals surface area contributed by atoms with Crippen LogP contribution in [0.5, 0.6) is 0 Å². The lowest BCUT2D eigenvalue weighted by atomic mass is 10.1. The van der Waals surface area contributed by atoms with E-state index in [1.807, 2.05) is 24.3 Å². The van der Waals surface area contributed by atoms with E-state index < -0.39 is 9.84 Å². The third-order valence-electron chi connectivity index (χ3n) is 4.02. The number of hydrogen-bond donors (Lipinski definition) is 1. The molecule has 0 fully saturated rings. The molecule has 3 aromatic rings. The third-order valence-corrected chi connectivity index (χ3v) is 6.04. The zero-order valence-corrected chi connectivity index (χ0v) is 17.7. The van der Waals surface area contributed by atoms with E-state index in [1.54, 1.807) is 23.9 Å². The normalized spacial score (nSPS) is 11.4. The Labute approximate surface area is 173 Å². The summed E-state index contributed by atoms with van der Waals surface area (Å²) in [6.45, 7) is 2.09. The van der Waals surface area contributed by atoms with Crippen molar-refractivity contribution in [2.75, 3.05) is 17.3 Å². The van der Waals surface area contributed by atoms with Crippen LogP contribution in [0.25, 0.3) is 0 Å². The molecule has 1 heterocycles. The predicted octanol–water partition coefficient (Wildman–Crippen LogP) is 3.36. The fourth-order valence-corrected chi connectivity index (χ4v) is 3.92. The zero-order chi connectivity index (χ0) is 20.9. The van der Waals surface area contributed by atoms with Crippen LogP contribution >= 0.6 is 11.8 Å². The summed E-state index contributed by atoms with van der Waals surface area (Å²) in [6.07, 6.45) is 1.71. The highest BCUT2D eigenvalue weighted by molar-refractivity contribution is 7.99. The Morgan fingerprint density at radius 2 is 1.69 bits per heavy atom. The van der Waals surface area contributed by atoms with Gasteiger partial charge in [-0.2, -0.15) is 0 Å². The summed E-state index contributed by atoms with van der Waals surface area (Å²) in [7, 11) is -3.23. The van der Waals surface area contributed by atoms with Crippen LogP contribution in [0.4, 0.5) is 6.01 Å². The van der Waals surface area contributed by atoms with Crippen LogP contribution < -0.4 is 5.32 Å². The molecular formula is C20H21N3O4S2. The van der Waals surface area contributed by atoms with Crippen LogP contribution in [0, 0.1) is 0 Å². The summed E-state index contributed by atoms with van der Waals surface area (Å²) in [5, 5.41) is 10.4. The Balaban J connectivity index is 1.56. The van der Waals surface area contributed by atoms with Gasteiger partial charge in [-0.1, -0.05) is 36.3 Å². The number of benzene rings is 2. The van der Waals surface area contributed by atoms with Crippen molar-refractivity contribution in [1.29, 1.82) is 0 Å². The van der Waals surface area contributed by atoms with Crippen molar-refractivity contribution in [1.82, 2.24) is 10.2 Å². The van der Waals surface area contributed by atoms with Gasteiger partial charge in [-0.3, -0.25) is 10.1 Å². The minimum absolute atomic E-state index is 0.0379. The van der Waals surface area contributed by atoms with Gasteiger partial charge >= 0.3 is 6.01 Å². The number of sulfone groups is 1. The lowest BCUT2D eigenvalue weighted by Gasteiger charge is -2.03. The molecule has 3 rings (SSSR count). The second-order valence-electron chi connectivity index (χ2n) is 6.40. The summed E-state index contributed by atoms with van der Waals surface area (Å²) in [5.74, 6) is 1.09. The molecule has 0 bridgehead atoms. The van der Waals surface area contributed by atoms with Crippen molar-refractivity contribution < 1.29 is 17.6 Å². The zero-order valence-electron chi connectivity index (χ0n) is 16.1. The largest absolute Gasteiger partial charge is 0.407 e. The van der Waals surface area contributed by atoms with Crippen LogP contribution in [-0.2, 0) is 27.5 Å². The maximum atomic E-state index is 12.2. The van der Waals surface area contributed by atoms with E-state index in [2.05, 4.69) is 22.4 Å². The van der Waals surface area contributed by atoms with Crippen molar-refractivity contribution in [2.45, 2.75) is 29.6 Å². The highest BCUT2D eigenvalue weighted by Crippen LogP contribution is 2.18. The van der Waals surface area contributed by atoms with Gasteiger partial charge in [0, 0.05) is 11.2 Å². The Bertz CT molecular complexity index is 1080. The molecule has 0 unspecified atom stereocenters. The topological polar surface area (TPSA) is 102 Å². The quantitative estimate of drug-likeness (QED) is 0.546. The Morgan fingerprint density at radius 3 is 2.31 bits per heavy atom. The fraction of sp³-hybridized carbons (Fsp3) is 0.250. The lowest BCUT2D eigenvalue weighted by Crippen LogP contribution is -2.14. The smallest absolute Gasteiger partial charge is 0.322 e. The molecule has 0 aliphatic rings. The molecule has 1 aromatic heterocycles. The average Bonchev–Trinajstić information content (AvgIpc) is 3.10. The SMILES string of the molecule is CCSc1ccc(CC(=O)Nc2nnc(Cc3ccc(S(C)(=O)=O)cc3)o2)cc1. The average molecular weight is 432 g/mol. The minimum atomic E-state index is -3.23. The van der Waals surface area contributed by atoms with E-state index in [0.29, 0.717) is 12.3 Å². The molecule has 152 valence electrons. The molecule has 9 heteroatoms. The van der Waals surface area contributed by atoms with E-state index in [4.69, 9.17) is 4.42 Å². The second kappa shape index (κ2) is 9.23. The number of aromatic nitrogens is 2. The number of anilines is 1. The highest BCUT2D eigenvalue weighted by atomic mass is 32.2. The van der Waals surface area contributed by atoms with E-state index >= 15 is 0 Å². The molecule has 7 nitrogen and oxygen atoms in total.